The third kappa shape index (κ3) is 2.97. The SMILES string of the molecule is O=C(Nc1ccc(N2C(=O)[C@@H]3[C@H]4C[C@@H]([C@H](Br)[C@H]4Br)[C@@H]3C2=O)cc1Cl)c1ccccc1. The number of nitrogens with zero attached hydrogens (tertiary/aromatic N) is 1. The molecule has 154 valence electrons. The first-order chi connectivity index (χ1) is 14.4. The molecule has 2 aromatic rings. The molecule has 5 rings (SSSR count). The number of fused-ring (bicyclic) bond motifs is 5. The van der Waals surface area contributed by atoms with Crippen molar-refractivity contribution in [2.45, 2.75) is 16.1 Å². The number of nitrogens with one attached hydrogen (secondary N) is 1. The number of alkyl halides is 2. The summed E-state index contributed by atoms with van der Waals surface area (Å²) in [6.07, 6.45) is 0.887. The number of rotatable bonds is 3. The molecule has 1 aliphatic heterocycles. The monoisotopic (exact) mass is 550 g/mol. The summed E-state index contributed by atoms with van der Waals surface area (Å²) in [5.74, 6) is -0.835. The summed E-state index contributed by atoms with van der Waals surface area (Å²) in [4.78, 5) is 40.4. The predicted molar refractivity (Wildman–Crippen MR) is 122 cm³/mol. The minimum absolute atomic E-state index is 0.154. The summed E-state index contributed by atoms with van der Waals surface area (Å²) in [6, 6.07) is 13.7. The van der Waals surface area contributed by atoms with Crippen LogP contribution in [0.25, 0.3) is 0 Å². The van der Waals surface area contributed by atoms with Crippen LogP contribution in [-0.4, -0.2) is 27.4 Å². The Kier molecular flexibility index (Phi) is 5.03. The van der Waals surface area contributed by atoms with Gasteiger partial charge in [0, 0.05) is 15.2 Å². The topological polar surface area (TPSA) is 66.5 Å². The van der Waals surface area contributed by atoms with Gasteiger partial charge in [0.25, 0.3) is 5.91 Å². The normalized spacial score (nSPS) is 31.9. The minimum atomic E-state index is -0.281. The second-order valence-electron chi connectivity index (χ2n) is 8.00. The fourth-order valence-electron chi connectivity index (χ4n) is 5.13. The van der Waals surface area contributed by atoms with E-state index in [1.165, 1.54) is 4.90 Å². The van der Waals surface area contributed by atoms with Crippen molar-refractivity contribution in [3.63, 3.8) is 0 Å². The van der Waals surface area contributed by atoms with Crippen LogP contribution in [0.1, 0.15) is 16.8 Å². The van der Waals surface area contributed by atoms with Crippen molar-refractivity contribution in [1.82, 2.24) is 0 Å². The lowest BCUT2D eigenvalue weighted by Gasteiger charge is -2.28. The third-order valence-corrected chi connectivity index (χ3v) is 10.0. The van der Waals surface area contributed by atoms with E-state index < -0.39 is 0 Å². The van der Waals surface area contributed by atoms with Gasteiger partial charge in [-0.3, -0.25) is 14.4 Å². The van der Waals surface area contributed by atoms with Gasteiger partial charge in [-0.1, -0.05) is 61.7 Å². The first-order valence-corrected chi connectivity index (χ1v) is 11.9. The van der Waals surface area contributed by atoms with Crippen molar-refractivity contribution in [1.29, 1.82) is 0 Å². The fraction of sp³-hybridized carbons (Fsp3) is 0.318. The molecule has 3 fully saturated rings. The molecule has 3 amide bonds. The van der Waals surface area contributed by atoms with Crippen LogP contribution in [0.2, 0.25) is 5.02 Å². The predicted octanol–water partition coefficient (Wildman–Crippen LogP) is 4.87. The van der Waals surface area contributed by atoms with E-state index in [9.17, 15) is 14.4 Å². The van der Waals surface area contributed by atoms with Crippen LogP contribution in [0.4, 0.5) is 11.4 Å². The molecule has 2 aliphatic carbocycles. The molecular weight excluding hydrogens is 536 g/mol. The number of halogens is 3. The van der Waals surface area contributed by atoms with Gasteiger partial charge in [-0.25, -0.2) is 4.90 Å². The molecule has 1 N–H and O–H groups in total. The molecule has 2 saturated carbocycles. The fourth-order valence-corrected chi connectivity index (χ4v) is 7.23. The molecule has 0 aromatic heterocycles. The molecular formula is C22H17Br2ClN2O3. The first-order valence-electron chi connectivity index (χ1n) is 9.70. The Balaban J connectivity index is 1.39. The van der Waals surface area contributed by atoms with Gasteiger partial charge in [0.1, 0.15) is 0 Å². The minimum Gasteiger partial charge on any atom is -0.321 e. The third-order valence-electron chi connectivity index (χ3n) is 6.48. The molecule has 8 heteroatoms. The number of hydrogen-bond donors (Lipinski definition) is 1. The van der Waals surface area contributed by atoms with Gasteiger partial charge in [0.05, 0.1) is 28.2 Å². The van der Waals surface area contributed by atoms with Crippen molar-refractivity contribution < 1.29 is 14.4 Å². The van der Waals surface area contributed by atoms with E-state index in [4.69, 9.17) is 11.6 Å². The highest BCUT2D eigenvalue weighted by Crippen LogP contribution is 2.60. The Bertz CT molecular complexity index is 1030. The summed E-state index contributed by atoms with van der Waals surface area (Å²) in [7, 11) is 0. The maximum Gasteiger partial charge on any atom is 0.255 e. The van der Waals surface area contributed by atoms with Crippen LogP contribution in [-0.2, 0) is 9.59 Å². The highest BCUT2D eigenvalue weighted by Gasteiger charge is 2.66. The molecule has 0 spiro atoms. The summed E-state index contributed by atoms with van der Waals surface area (Å²) in [6.45, 7) is 0. The number of hydrogen-bond acceptors (Lipinski definition) is 3. The van der Waals surface area contributed by atoms with Crippen molar-refractivity contribution in [3.05, 3.63) is 59.1 Å². The average Bonchev–Trinajstić information content (AvgIpc) is 3.35. The lowest BCUT2D eigenvalue weighted by molar-refractivity contribution is -0.123. The zero-order chi connectivity index (χ0) is 21.2. The van der Waals surface area contributed by atoms with Gasteiger partial charge >= 0.3 is 0 Å². The zero-order valence-corrected chi connectivity index (χ0v) is 19.5. The molecule has 2 bridgehead atoms. The molecule has 1 heterocycles. The largest absolute Gasteiger partial charge is 0.321 e. The Hall–Kier alpha value is -1.70. The number of carbonyl (C=O) groups is 3. The van der Waals surface area contributed by atoms with E-state index in [1.807, 2.05) is 6.07 Å². The highest BCUT2D eigenvalue weighted by atomic mass is 79.9. The Morgan fingerprint density at radius 1 is 0.967 bits per heavy atom. The summed E-state index contributed by atoms with van der Waals surface area (Å²) in [5, 5.41) is 3.04. The lowest BCUT2D eigenvalue weighted by atomic mass is 9.81. The van der Waals surface area contributed by atoms with Crippen LogP contribution in [0.5, 0.6) is 0 Å². The van der Waals surface area contributed by atoms with Crippen molar-refractivity contribution >= 4 is 72.6 Å². The maximum absolute atomic E-state index is 13.2. The molecule has 2 aromatic carbocycles. The second kappa shape index (κ2) is 7.46. The quantitative estimate of drug-likeness (QED) is 0.436. The van der Waals surface area contributed by atoms with E-state index in [0.29, 0.717) is 16.9 Å². The van der Waals surface area contributed by atoms with E-state index in [-0.39, 0.29) is 56.1 Å². The molecule has 30 heavy (non-hydrogen) atoms. The maximum atomic E-state index is 13.2. The van der Waals surface area contributed by atoms with E-state index >= 15 is 0 Å². The summed E-state index contributed by atoms with van der Waals surface area (Å²) >= 11 is 13.8. The number of imide groups is 1. The van der Waals surface area contributed by atoms with Gasteiger partial charge in [0.15, 0.2) is 0 Å². The molecule has 6 atom stereocenters. The van der Waals surface area contributed by atoms with Crippen LogP contribution >= 0.6 is 43.5 Å². The van der Waals surface area contributed by atoms with Gasteiger partial charge in [0.2, 0.25) is 11.8 Å². The zero-order valence-electron chi connectivity index (χ0n) is 15.6. The molecule has 0 radical (unpaired) electrons. The molecule has 5 nitrogen and oxygen atoms in total. The van der Waals surface area contributed by atoms with Gasteiger partial charge < -0.3 is 5.32 Å². The van der Waals surface area contributed by atoms with Gasteiger partial charge in [-0.2, -0.15) is 0 Å². The van der Waals surface area contributed by atoms with Gasteiger partial charge in [-0.15, -0.1) is 0 Å². The molecule has 1 saturated heterocycles. The Morgan fingerprint density at radius 3 is 2.13 bits per heavy atom. The highest BCUT2D eigenvalue weighted by molar-refractivity contribution is 9.12. The standard InChI is InChI=1S/C22H17Br2ClN2O3/c23-18-12-9-13(19(18)24)17-16(12)21(29)27(22(17)30)11-6-7-15(14(25)8-11)26-20(28)10-4-2-1-3-5-10/h1-8,12-13,16-19H,9H2,(H,26,28)/t12-,13-,16-,17+,18+,19+/m1/s1. The average molecular weight is 553 g/mol. The molecule has 3 aliphatic rings. The number of carbonyl (C=O) groups excluding carboxylic acids is 3. The second-order valence-corrected chi connectivity index (χ2v) is 10.5. The van der Waals surface area contributed by atoms with Crippen LogP contribution in [0.3, 0.4) is 0 Å². The van der Waals surface area contributed by atoms with Crippen molar-refractivity contribution in [2.75, 3.05) is 10.2 Å². The van der Waals surface area contributed by atoms with Crippen LogP contribution < -0.4 is 10.2 Å². The number of anilines is 2. The summed E-state index contributed by atoms with van der Waals surface area (Å²) in [5.41, 5.74) is 1.38. The Morgan fingerprint density at radius 2 is 1.57 bits per heavy atom. The van der Waals surface area contributed by atoms with Gasteiger partial charge in [-0.05, 0) is 48.6 Å². The van der Waals surface area contributed by atoms with E-state index in [0.717, 1.165) is 6.42 Å². The van der Waals surface area contributed by atoms with Crippen LogP contribution in [0, 0.1) is 23.7 Å². The van der Waals surface area contributed by atoms with Crippen molar-refractivity contribution in [2.24, 2.45) is 23.7 Å². The van der Waals surface area contributed by atoms with Crippen molar-refractivity contribution in [3.8, 4) is 0 Å². The molecule has 0 unspecified atom stereocenters. The lowest BCUT2D eigenvalue weighted by Crippen LogP contribution is -2.37. The van der Waals surface area contributed by atoms with Crippen LogP contribution in [0.15, 0.2) is 48.5 Å². The Labute approximate surface area is 195 Å². The number of amides is 3. The smallest absolute Gasteiger partial charge is 0.255 e. The first kappa shape index (κ1) is 20.2. The number of benzene rings is 2. The van der Waals surface area contributed by atoms with E-state index in [1.54, 1.807) is 42.5 Å². The van der Waals surface area contributed by atoms with E-state index in [2.05, 4.69) is 37.2 Å². The summed E-state index contributed by atoms with van der Waals surface area (Å²) < 4.78 is 0.